The molecule has 4 aliphatic rings. The summed E-state index contributed by atoms with van der Waals surface area (Å²) in [4.78, 5) is 43.8. The van der Waals surface area contributed by atoms with Crippen LogP contribution in [0.4, 0.5) is 63.1 Å². The fourth-order valence-corrected chi connectivity index (χ4v) is 13.4. The number of sulfonamides is 2. The summed E-state index contributed by atoms with van der Waals surface area (Å²) in [5.41, 5.74) is 15.6. The van der Waals surface area contributed by atoms with E-state index < -0.39 is 20.0 Å². The minimum Gasteiger partial charge on any atom is -0.495 e. The number of aryl methyl sites for hydroxylation is 2. The van der Waals surface area contributed by atoms with Crippen LogP contribution >= 0.6 is 34.8 Å². The van der Waals surface area contributed by atoms with Gasteiger partial charge in [-0.3, -0.25) is 39.2 Å². The average Bonchev–Trinajstić information content (AvgIpc) is 1.04. The molecule has 4 aromatic carbocycles. The number of nitrogen functional groups attached to an aromatic ring is 1. The van der Waals surface area contributed by atoms with Crippen molar-refractivity contribution in [3.8, 4) is 11.5 Å². The van der Waals surface area contributed by atoms with Crippen LogP contribution in [0.25, 0.3) is 22.1 Å². The maximum absolute atomic E-state index is 12.2. The Hall–Kier alpha value is -7.67. The fraction of sp³-hybridized carbons (Fsp3) is 0.419. The van der Waals surface area contributed by atoms with Gasteiger partial charge in [-0.1, -0.05) is 37.0 Å². The number of aromatic nitrogens is 8. The normalized spacial score (nSPS) is 16.2. The summed E-state index contributed by atoms with van der Waals surface area (Å²) in [5, 5.41) is 9.85. The molecule has 7 N–H and O–H groups in total. The van der Waals surface area contributed by atoms with Crippen LogP contribution < -0.4 is 50.4 Å². The van der Waals surface area contributed by atoms with Gasteiger partial charge in [-0.05, 0) is 97.7 Å². The zero-order valence-electron chi connectivity index (χ0n) is 52.6. The molecule has 4 saturated heterocycles. The smallest absolute Gasteiger partial charge is 0.229 e. The van der Waals surface area contributed by atoms with E-state index in [-0.39, 0.29) is 44.3 Å². The molecule has 0 saturated carbocycles. The van der Waals surface area contributed by atoms with E-state index in [1.165, 1.54) is 72.5 Å². The number of nitrogens with two attached hydrogens (primary N) is 1. The molecule has 0 aliphatic carbocycles. The van der Waals surface area contributed by atoms with Crippen molar-refractivity contribution in [1.82, 2.24) is 49.7 Å². The van der Waals surface area contributed by atoms with Gasteiger partial charge < -0.3 is 50.4 Å². The highest BCUT2D eigenvalue weighted by molar-refractivity contribution is 7.92. The Morgan fingerprint density at radius 2 is 0.989 bits per heavy atom. The van der Waals surface area contributed by atoms with Crippen LogP contribution in [-0.4, -0.2) is 184 Å². The predicted octanol–water partition coefficient (Wildman–Crippen LogP) is 9.79. The molecule has 8 aromatic rings. The number of fused-ring (bicyclic) bond motifs is 2. The number of rotatable bonds is 18. The summed E-state index contributed by atoms with van der Waals surface area (Å²) < 4.78 is 75.1. The SMILES string of the molecule is CCc1cc(N)c(OC)cc1N1CCC(N2CCOCC2)CC1.CCc1cc(Nc2ncc(Cl)c(Nc3ccc4nccnc4c3NS(C)(=O)=O)n2)c(OC)cc1N1CCC(N2CCOCC2)CC1.CS(=O)(=O)Nc1c(Nc2nc(Cl)ncc2Cl)ccc2nccnc12. The van der Waals surface area contributed by atoms with Gasteiger partial charge in [0.15, 0.2) is 11.6 Å². The largest absolute Gasteiger partial charge is 0.495 e. The maximum Gasteiger partial charge on any atom is 0.229 e. The van der Waals surface area contributed by atoms with Crippen molar-refractivity contribution in [1.29, 1.82) is 0 Å². The van der Waals surface area contributed by atoms with E-state index in [4.69, 9.17) is 59.5 Å². The van der Waals surface area contributed by atoms with Gasteiger partial charge in [0.05, 0.1) is 111 Å². The number of hydrogen-bond donors (Lipinski definition) is 6. The molecule has 0 atom stereocenters. The summed E-state index contributed by atoms with van der Waals surface area (Å²) in [6, 6.07) is 16.4. The third kappa shape index (κ3) is 17.6. The summed E-state index contributed by atoms with van der Waals surface area (Å²) in [6.45, 7) is 16.1. The predicted molar refractivity (Wildman–Crippen MR) is 369 cm³/mol. The molecule has 0 amide bonds. The first-order valence-corrected chi connectivity index (χ1v) is 35.5. The lowest BCUT2D eigenvalue weighted by Gasteiger charge is -2.41. The Bertz CT molecular complexity index is 4140. The molecular formula is C62H77Cl3N18O8S2. The molecule has 12 rings (SSSR count). The van der Waals surface area contributed by atoms with E-state index in [9.17, 15) is 16.8 Å². The topological polar surface area (TPSA) is 307 Å². The summed E-state index contributed by atoms with van der Waals surface area (Å²) in [5.74, 6) is 2.24. The van der Waals surface area contributed by atoms with Crippen molar-refractivity contribution in [3.63, 3.8) is 0 Å². The third-order valence-electron chi connectivity index (χ3n) is 16.4. The summed E-state index contributed by atoms with van der Waals surface area (Å²) >= 11 is 18.3. The first-order valence-electron chi connectivity index (χ1n) is 30.5. The minimum absolute atomic E-state index is 0.0000954. The molecule has 0 bridgehead atoms. The first-order chi connectivity index (χ1) is 44.8. The van der Waals surface area contributed by atoms with Crippen molar-refractivity contribution in [2.24, 2.45) is 0 Å². The number of methoxy groups -OCH3 is 2. The van der Waals surface area contributed by atoms with Crippen LogP contribution in [0.3, 0.4) is 0 Å². The van der Waals surface area contributed by atoms with Crippen LogP contribution in [0, 0.1) is 0 Å². The van der Waals surface area contributed by atoms with E-state index in [1.807, 2.05) is 0 Å². The Morgan fingerprint density at radius 3 is 1.45 bits per heavy atom. The zero-order valence-corrected chi connectivity index (χ0v) is 56.5. The van der Waals surface area contributed by atoms with Crippen LogP contribution in [0.15, 0.2) is 85.7 Å². The lowest BCUT2D eigenvalue weighted by molar-refractivity contribution is 0.0115. The van der Waals surface area contributed by atoms with E-state index in [1.54, 1.807) is 38.5 Å². The van der Waals surface area contributed by atoms with Gasteiger partial charge in [-0.25, -0.2) is 26.8 Å². The number of hydrogen-bond acceptors (Lipinski definition) is 24. The Balaban J connectivity index is 0.000000169. The number of piperidine rings is 2. The van der Waals surface area contributed by atoms with E-state index in [0.717, 1.165) is 134 Å². The molecule has 496 valence electrons. The summed E-state index contributed by atoms with van der Waals surface area (Å²) in [7, 11) is -3.85. The monoisotopic (exact) mass is 1370 g/mol. The second-order valence-corrected chi connectivity index (χ2v) is 27.2. The molecular weight excluding hydrogens is 1300 g/mol. The second kappa shape index (κ2) is 31.0. The molecule has 4 aromatic heterocycles. The lowest BCUT2D eigenvalue weighted by atomic mass is 10.00. The van der Waals surface area contributed by atoms with E-state index >= 15 is 0 Å². The fourth-order valence-electron chi connectivity index (χ4n) is 11.9. The first kappa shape index (κ1) is 68.2. The molecule has 0 unspecified atom stereocenters. The molecule has 4 aliphatic heterocycles. The second-order valence-electron chi connectivity index (χ2n) is 22.5. The zero-order chi connectivity index (χ0) is 65.8. The molecule has 31 heteroatoms. The lowest BCUT2D eigenvalue weighted by Crippen LogP contribution is -2.49. The van der Waals surface area contributed by atoms with Crippen molar-refractivity contribution in [2.75, 3.05) is 146 Å². The van der Waals surface area contributed by atoms with Gasteiger partial charge in [0, 0.05) is 113 Å². The van der Waals surface area contributed by atoms with E-state index in [2.05, 4.69) is 123 Å². The minimum atomic E-state index is -3.64. The maximum atomic E-state index is 12.2. The Morgan fingerprint density at radius 1 is 0.548 bits per heavy atom. The standard InChI is InChI=1S/C31H38ClN9O4S.C18H29N3O2.C13H10Cl2N6O2S/c1-4-20-17-25(27(44-2)18-26(20)41-11-7-21(8-12-41)40-13-15-45-16-14-40)37-31-35-19-22(32)30(38-31)36-24-6-5-23-28(34-10-9-33-23)29(24)39-46(3,42)43;1-3-14-12-16(19)18(22-2)13-17(14)21-6-4-15(5-7-21)20-8-10-23-11-9-20;1-24(22,23)21-11-9(3-2-8-10(11)17-5-4-16-8)19-12-7(14)6-18-13(15)20-12/h5-6,9-10,17-19,21,39H,4,7-8,11-16H2,1-3H3,(H2,35,36,37,38);12-13,15H,3-11,19H2,1-2H3;2-6,21H,1H3,(H,18,19,20). The molecule has 4 fully saturated rings. The van der Waals surface area contributed by atoms with Crippen molar-refractivity contribution in [2.45, 2.75) is 64.5 Å². The molecule has 0 spiro atoms. The van der Waals surface area contributed by atoms with Crippen LogP contribution in [0.5, 0.6) is 11.5 Å². The van der Waals surface area contributed by atoms with Gasteiger partial charge in [0.2, 0.25) is 31.3 Å². The third-order valence-corrected chi connectivity index (χ3v) is 18.3. The van der Waals surface area contributed by atoms with Gasteiger partial charge >= 0.3 is 0 Å². The Labute approximate surface area is 556 Å². The molecule has 93 heavy (non-hydrogen) atoms. The number of benzene rings is 4. The quantitative estimate of drug-likeness (QED) is 0.0344. The molecule has 0 radical (unpaired) electrons. The highest BCUT2D eigenvalue weighted by atomic mass is 35.5. The number of anilines is 11. The molecule has 8 heterocycles. The number of halogens is 3. The van der Waals surface area contributed by atoms with Crippen molar-refractivity contribution >= 4 is 140 Å². The number of nitrogens with zero attached hydrogens (tertiary/aromatic N) is 12. The van der Waals surface area contributed by atoms with Gasteiger partial charge in [0.25, 0.3) is 0 Å². The van der Waals surface area contributed by atoms with Gasteiger partial charge in [-0.15, -0.1) is 0 Å². The van der Waals surface area contributed by atoms with E-state index in [0.29, 0.717) is 51.3 Å². The number of nitrogens with one attached hydrogen (secondary N) is 5. The summed E-state index contributed by atoms with van der Waals surface area (Å²) in [6.07, 6.45) is 17.4. The average molecular weight is 1370 g/mol. The van der Waals surface area contributed by atoms with Crippen molar-refractivity contribution in [3.05, 3.63) is 112 Å². The number of ether oxygens (including phenoxy) is 4. The van der Waals surface area contributed by atoms with Crippen LogP contribution in [0.2, 0.25) is 15.3 Å². The highest BCUT2D eigenvalue weighted by Gasteiger charge is 2.30. The van der Waals surface area contributed by atoms with Crippen LogP contribution in [-0.2, 0) is 42.4 Å². The molecule has 26 nitrogen and oxygen atoms in total. The van der Waals surface area contributed by atoms with Gasteiger partial charge in [-0.2, -0.15) is 9.97 Å². The highest BCUT2D eigenvalue weighted by Crippen LogP contribution is 2.40. The van der Waals surface area contributed by atoms with Crippen molar-refractivity contribution < 1.29 is 35.8 Å². The Kier molecular flexibility index (Phi) is 22.8. The number of morpholine rings is 2. The van der Waals surface area contributed by atoms with Crippen LogP contribution in [0.1, 0.15) is 50.7 Å². The van der Waals surface area contributed by atoms with Gasteiger partial charge in [0.1, 0.15) is 32.6 Å².